The van der Waals surface area contributed by atoms with Crippen LogP contribution in [0.25, 0.3) is 33.5 Å². The zero-order valence-corrected chi connectivity index (χ0v) is 17.1. The number of nitrogens with zero attached hydrogens (tertiary/aromatic N) is 8. The van der Waals surface area contributed by atoms with Crippen molar-refractivity contribution < 1.29 is 0 Å². The van der Waals surface area contributed by atoms with Crippen molar-refractivity contribution in [3.8, 4) is 28.6 Å². The summed E-state index contributed by atoms with van der Waals surface area (Å²) in [5.74, 6) is 0.226. The third kappa shape index (κ3) is 3.40. The highest BCUT2D eigenvalue weighted by Crippen LogP contribution is 2.37. The van der Waals surface area contributed by atoms with Gasteiger partial charge in [0.1, 0.15) is 18.4 Å². The minimum absolute atomic E-state index is 0.226. The fourth-order valence-corrected chi connectivity index (χ4v) is 3.60. The van der Waals surface area contributed by atoms with Crippen molar-refractivity contribution in [1.82, 2.24) is 34.9 Å². The zero-order chi connectivity index (χ0) is 22.1. The maximum atomic E-state index is 9.64. The lowest BCUT2D eigenvalue weighted by Gasteiger charge is -2.11. The molecule has 0 atom stereocenters. The molecular formula is C23H17N9. The quantitative estimate of drug-likeness (QED) is 0.470. The highest BCUT2D eigenvalue weighted by Gasteiger charge is 2.22. The van der Waals surface area contributed by atoms with Crippen LogP contribution in [-0.4, -0.2) is 34.9 Å². The molecule has 5 rings (SSSR count). The van der Waals surface area contributed by atoms with Gasteiger partial charge in [0.15, 0.2) is 11.3 Å². The van der Waals surface area contributed by atoms with Crippen molar-refractivity contribution in [2.45, 2.75) is 13.5 Å². The van der Waals surface area contributed by atoms with Gasteiger partial charge in [-0.2, -0.15) is 15.2 Å². The van der Waals surface area contributed by atoms with Gasteiger partial charge < -0.3 is 5.73 Å². The Morgan fingerprint density at radius 2 is 1.84 bits per heavy atom. The minimum atomic E-state index is 0.226. The van der Waals surface area contributed by atoms with Gasteiger partial charge in [-0.3, -0.25) is 4.98 Å². The molecule has 2 N–H and O–H groups in total. The molecule has 0 saturated carbocycles. The monoisotopic (exact) mass is 419 g/mol. The summed E-state index contributed by atoms with van der Waals surface area (Å²) in [6, 6.07) is 17.0. The molecule has 4 aromatic heterocycles. The van der Waals surface area contributed by atoms with Crippen molar-refractivity contribution in [1.29, 1.82) is 5.26 Å². The Hall–Kier alpha value is -4.71. The second-order valence-electron chi connectivity index (χ2n) is 7.17. The summed E-state index contributed by atoms with van der Waals surface area (Å²) in [6.45, 7) is 2.31. The van der Waals surface area contributed by atoms with Gasteiger partial charge in [-0.1, -0.05) is 24.3 Å². The molecule has 9 heteroatoms. The molecule has 0 aliphatic rings. The Kier molecular flexibility index (Phi) is 4.72. The highest BCUT2D eigenvalue weighted by molar-refractivity contribution is 6.02. The number of nitrogens with two attached hydrogens (primary N) is 1. The van der Waals surface area contributed by atoms with E-state index in [1.54, 1.807) is 29.2 Å². The molecule has 0 aliphatic heterocycles. The molecule has 0 fully saturated rings. The minimum Gasteiger partial charge on any atom is -0.382 e. The summed E-state index contributed by atoms with van der Waals surface area (Å²) < 4.78 is 0. The number of nitriles is 1. The molecule has 1 aromatic carbocycles. The molecule has 0 spiro atoms. The maximum absolute atomic E-state index is 9.64. The van der Waals surface area contributed by atoms with Gasteiger partial charge in [0, 0.05) is 17.5 Å². The largest absolute Gasteiger partial charge is 0.382 e. The number of hydrogen-bond donors (Lipinski definition) is 1. The Morgan fingerprint density at radius 1 is 1.00 bits per heavy atom. The van der Waals surface area contributed by atoms with Crippen LogP contribution in [0.1, 0.15) is 17.0 Å². The van der Waals surface area contributed by atoms with Crippen molar-refractivity contribution in [3.05, 3.63) is 78.0 Å². The smallest absolute Gasteiger partial charge is 0.156 e. The molecule has 32 heavy (non-hydrogen) atoms. The van der Waals surface area contributed by atoms with Gasteiger partial charge >= 0.3 is 0 Å². The van der Waals surface area contributed by atoms with E-state index in [1.807, 2.05) is 37.3 Å². The number of aryl methyl sites for hydroxylation is 1. The van der Waals surface area contributed by atoms with E-state index in [2.05, 4.69) is 31.1 Å². The summed E-state index contributed by atoms with van der Waals surface area (Å²) in [5, 5.41) is 18.9. The summed E-state index contributed by atoms with van der Waals surface area (Å²) in [7, 11) is 0. The zero-order valence-electron chi connectivity index (χ0n) is 17.1. The Balaban J connectivity index is 1.77. The van der Waals surface area contributed by atoms with Crippen LogP contribution < -0.4 is 5.73 Å². The predicted molar refractivity (Wildman–Crippen MR) is 119 cm³/mol. The average molecular weight is 419 g/mol. The van der Waals surface area contributed by atoms with Gasteiger partial charge in [0.05, 0.1) is 34.3 Å². The molecule has 9 nitrogen and oxygen atoms in total. The first-order chi connectivity index (χ1) is 15.6. The van der Waals surface area contributed by atoms with Crippen LogP contribution >= 0.6 is 0 Å². The summed E-state index contributed by atoms with van der Waals surface area (Å²) in [5.41, 5.74) is 12.0. The van der Waals surface area contributed by atoms with Crippen molar-refractivity contribution >= 4 is 16.9 Å². The normalized spacial score (nSPS) is 10.9. The van der Waals surface area contributed by atoms with Gasteiger partial charge in [-0.05, 0) is 31.2 Å². The van der Waals surface area contributed by atoms with Crippen molar-refractivity contribution in [2.75, 3.05) is 5.73 Å². The molecule has 4 heterocycles. The Labute approximate surface area is 183 Å². The van der Waals surface area contributed by atoms with Gasteiger partial charge in [0.2, 0.25) is 0 Å². The average Bonchev–Trinajstić information content (AvgIpc) is 3.23. The van der Waals surface area contributed by atoms with Crippen LogP contribution in [0.5, 0.6) is 0 Å². The lowest BCUT2D eigenvalue weighted by molar-refractivity contribution is 0.590. The molecule has 0 aliphatic carbocycles. The summed E-state index contributed by atoms with van der Waals surface area (Å²) >= 11 is 0. The van der Waals surface area contributed by atoms with Crippen molar-refractivity contribution in [3.63, 3.8) is 0 Å². The first-order valence-corrected chi connectivity index (χ1v) is 9.87. The number of benzene rings is 1. The fraction of sp³-hybridized carbons (Fsp3) is 0.0870. The number of hydrogen-bond acceptors (Lipinski definition) is 8. The predicted octanol–water partition coefficient (Wildman–Crippen LogP) is 3.16. The Morgan fingerprint density at radius 3 is 2.62 bits per heavy atom. The Bertz CT molecular complexity index is 1480. The van der Waals surface area contributed by atoms with Crippen LogP contribution in [0, 0.1) is 18.3 Å². The van der Waals surface area contributed by atoms with Gasteiger partial charge in [-0.15, -0.1) is 5.10 Å². The third-order valence-corrected chi connectivity index (χ3v) is 4.99. The first-order valence-electron chi connectivity index (χ1n) is 9.87. The molecule has 0 saturated heterocycles. The van der Waals surface area contributed by atoms with E-state index in [0.29, 0.717) is 45.7 Å². The number of aromatic nitrogens is 7. The van der Waals surface area contributed by atoms with Crippen molar-refractivity contribution in [2.24, 2.45) is 0 Å². The molecule has 0 radical (unpaired) electrons. The van der Waals surface area contributed by atoms with E-state index in [1.165, 1.54) is 6.33 Å². The number of anilines is 1. The molecule has 154 valence electrons. The highest BCUT2D eigenvalue weighted by atomic mass is 15.5. The second kappa shape index (κ2) is 7.85. The fourth-order valence-electron chi connectivity index (χ4n) is 3.60. The number of nitrogen functional groups attached to an aromatic ring is 1. The lowest BCUT2D eigenvalue weighted by Crippen LogP contribution is -2.05. The first kappa shape index (κ1) is 19.3. The van der Waals surface area contributed by atoms with E-state index >= 15 is 0 Å². The van der Waals surface area contributed by atoms with E-state index in [-0.39, 0.29) is 5.82 Å². The van der Waals surface area contributed by atoms with Crippen LogP contribution in [-0.2, 0) is 6.54 Å². The SMILES string of the molecule is Cc1cccc(Cn2nc3c(N)nc(-c4ccccc4C#N)c(-c4ccncn4)c3n2)n1. The van der Waals surface area contributed by atoms with Crippen LogP contribution in [0.3, 0.4) is 0 Å². The summed E-state index contributed by atoms with van der Waals surface area (Å²) in [6.07, 6.45) is 3.10. The second-order valence-corrected chi connectivity index (χ2v) is 7.17. The molecule has 0 bridgehead atoms. The van der Waals surface area contributed by atoms with Crippen LogP contribution in [0.15, 0.2) is 61.1 Å². The lowest BCUT2D eigenvalue weighted by atomic mass is 9.98. The number of pyridine rings is 2. The molecule has 0 unspecified atom stereocenters. The molecule has 5 aromatic rings. The van der Waals surface area contributed by atoms with E-state index in [9.17, 15) is 5.26 Å². The van der Waals surface area contributed by atoms with Gasteiger partial charge in [0.25, 0.3) is 0 Å². The van der Waals surface area contributed by atoms with E-state index in [4.69, 9.17) is 10.8 Å². The topological polar surface area (TPSA) is 132 Å². The third-order valence-electron chi connectivity index (χ3n) is 4.99. The molecule has 0 amide bonds. The van der Waals surface area contributed by atoms with Crippen LogP contribution in [0.2, 0.25) is 0 Å². The van der Waals surface area contributed by atoms with E-state index < -0.39 is 0 Å². The number of fused-ring (bicyclic) bond motifs is 1. The van der Waals surface area contributed by atoms with Gasteiger partial charge in [-0.25, -0.2) is 15.0 Å². The van der Waals surface area contributed by atoms with E-state index in [0.717, 1.165) is 11.4 Å². The summed E-state index contributed by atoms with van der Waals surface area (Å²) in [4.78, 5) is 19.1. The standard InChI is InChI=1S/C23H17N9/c1-14-5-4-7-16(28-14)12-32-30-21-19(18-9-10-26-13-27-18)20(29-23(25)22(21)31-32)17-8-3-2-6-15(17)11-24/h2-10,13H,12H2,1H3,(H2,25,29). The number of rotatable bonds is 4. The molecular weight excluding hydrogens is 402 g/mol. The maximum Gasteiger partial charge on any atom is 0.156 e. The van der Waals surface area contributed by atoms with Crippen LogP contribution in [0.4, 0.5) is 5.82 Å².